The van der Waals surface area contributed by atoms with E-state index in [1.807, 2.05) is 42.5 Å². The molecular weight excluding hydrogens is 418 g/mol. The quantitative estimate of drug-likeness (QED) is 0.420. The van der Waals surface area contributed by atoms with E-state index in [-0.39, 0.29) is 18.0 Å². The zero-order valence-corrected chi connectivity index (χ0v) is 18.2. The van der Waals surface area contributed by atoms with Crippen molar-refractivity contribution >= 4 is 27.6 Å². The zero-order valence-electron chi connectivity index (χ0n) is 18.2. The van der Waals surface area contributed by atoms with Gasteiger partial charge in [0.25, 0.3) is 5.56 Å². The van der Waals surface area contributed by atoms with E-state index >= 15 is 0 Å². The average Bonchev–Trinajstić information content (AvgIpc) is 3.20. The van der Waals surface area contributed by atoms with Gasteiger partial charge in [-0.15, -0.1) is 0 Å². The van der Waals surface area contributed by atoms with E-state index in [0.717, 1.165) is 26.5 Å². The Kier molecular flexibility index (Phi) is 4.97. The van der Waals surface area contributed by atoms with Crippen LogP contribution in [0.25, 0.3) is 33.1 Å². The predicted octanol–water partition coefficient (Wildman–Crippen LogP) is 2.75. The number of carbonyl (C=O) groups excluding carboxylic acids is 1. The van der Waals surface area contributed by atoms with Gasteiger partial charge in [0.1, 0.15) is 11.2 Å². The normalized spacial score (nSPS) is 11.3. The smallest absolute Gasteiger partial charge is 0.298 e. The molecule has 0 unspecified atom stereocenters. The molecular formula is C25H21N5O3. The summed E-state index contributed by atoms with van der Waals surface area (Å²) >= 11 is 0. The number of ketones is 1. The Morgan fingerprint density at radius 2 is 1.70 bits per heavy atom. The van der Waals surface area contributed by atoms with Crippen molar-refractivity contribution in [3.8, 4) is 11.3 Å². The molecule has 5 aromatic rings. The van der Waals surface area contributed by atoms with E-state index in [9.17, 15) is 14.4 Å². The van der Waals surface area contributed by atoms with E-state index in [2.05, 4.69) is 4.98 Å². The summed E-state index contributed by atoms with van der Waals surface area (Å²) in [4.78, 5) is 42.1. The third kappa shape index (κ3) is 3.45. The summed E-state index contributed by atoms with van der Waals surface area (Å²) in [6.07, 6.45) is 3.29. The first-order valence-corrected chi connectivity index (χ1v) is 10.5. The van der Waals surface area contributed by atoms with Crippen molar-refractivity contribution in [2.75, 3.05) is 0 Å². The molecule has 0 amide bonds. The lowest BCUT2D eigenvalue weighted by Crippen LogP contribution is -2.39. The van der Waals surface area contributed by atoms with Crippen molar-refractivity contribution in [3.63, 3.8) is 0 Å². The summed E-state index contributed by atoms with van der Waals surface area (Å²) in [6, 6.07) is 17.7. The minimum Gasteiger partial charge on any atom is -0.298 e. The molecule has 0 spiro atoms. The molecule has 5 rings (SSSR count). The Bertz CT molecular complexity index is 1640. The molecule has 2 aromatic carbocycles. The van der Waals surface area contributed by atoms with Gasteiger partial charge in [0.15, 0.2) is 5.65 Å². The van der Waals surface area contributed by atoms with Gasteiger partial charge in [0, 0.05) is 25.0 Å². The largest absolute Gasteiger partial charge is 0.332 e. The summed E-state index contributed by atoms with van der Waals surface area (Å²) < 4.78 is 4.03. The van der Waals surface area contributed by atoms with Crippen molar-refractivity contribution in [1.82, 2.24) is 23.9 Å². The summed E-state index contributed by atoms with van der Waals surface area (Å²) in [7, 11) is 1.42. The molecule has 0 saturated heterocycles. The summed E-state index contributed by atoms with van der Waals surface area (Å²) in [6.45, 7) is 1.62. The number of pyridine rings is 1. The first kappa shape index (κ1) is 20.6. The molecule has 164 valence electrons. The minimum absolute atomic E-state index is 0.162. The highest BCUT2D eigenvalue weighted by molar-refractivity contribution is 5.92. The first-order valence-electron chi connectivity index (χ1n) is 10.5. The number of fused-ring (bicyclic) bond motifs is 2. The number of rotatable bonds is 5. The predicted molar refractivity (Wildman–Crippen MR) is 126 cm³/mol. The Morgan fingerprint density at radius 3 is 2.45 bits per heavy atom. The van der Waals surface area contributed by atoms with Crippen LogP contribution < -0.4 is 11.2 Å². The second kappa shape index (κ2) is 7.98. The van der Waals surface area contributed by atoms with E-state index < -0.39 is 11.2 Å². The molecule has 8 heteroatoms. The highest BCUT2D eigenvalue weighted by Gasteiger charge is 2.23. The number of Topliss-reactive ketones (excluding diaryl/α,β-unsaturated/α-hetero) is 1. The standard InChI is InChI=1S/C25H21N5O3/c1-16(31)14-29-23-21(24(32)28(2)25(29)33)22(18-10-12-26-13-11-18)30(27-23)15-19-8-5-7-17-6-3-4-9-20(17)19/h3-13H,14-15H2,1-2H3. The lowest BCUT2D eigenvalue weighted by Gasteiger charge is -2.10. The first-order chi connectivity index (χ1) is 16.0. The summed E-state index contributed by atoms with van der Waals surface area (Å²) in [5.74, 6) is -0.203. The highest BCUT2D eigenvalue weighted by Crippen LogP contribution is 2.28. The van der Waals surface area contributed by atoms with Crippen molar-refractivity contribution in [2.45, 2.75) is 20.0 Å². The fourth-order valence-electron chi connectivity index (χ4n) is 4.24. The molecule has 0 fully saturated rings. The van der Waals surface area contributed by atoms with Gasteiger partial charge >= 0.3 is 5.69 Å². The fourth-order valence-corrected chi connectivity index (χ4v) is 4.24. The molecule has 0 N–H and O–H groups in total. The number of benzene rings is 2. The van der Waals surface area contributed by atoms with E-state index in [1.54, 1.807) is 29.2 Å². The molecule has 3 aromatic heterocycles. The monoisotopic (exact) mass is 439 g/mol. The molecule has 0 aliphatic rings. The highest BCUT2D eigenvalue weighted by atomic mass is 16.2. The van der Waals surface area contributed by atoms with Gasteiger partial charge < -0.3 is 0 Å². The second-order valence-corrected chi connectivity index (χ2v) is 8.01. The van der Waals surface area contributed by atoms with Gasteiger partial charge in [0.05, 0.1) is 18.8 Å². The Balaban J connectivity index is 1.85. The number of aromatic nitrogens is 5. The fraction of sp³-hybridized carbons (Fsp3) is 0.160. The van der Waals surface area contributed by atoms with Crippen LogP contribution in [0.3, 0.4) is 0 Å². The molecule has 0 radical (unpaired) electrons. The maximum absolute atomic E-state index is 13.3. The van der Waals surface area contributed by atoms with Gasteiger partial charge in [-0.1, -0.05) is 42.5 Å². The van der Waals surface area contributed by atoms with Crippen LogP contribution in [0.4, 0.5) is 0 Å². The third-order valence-electron chi connectivity index (χ3n) is 5.76. The second-order valence-electron chi connectivity index (χ2n) is 8.01. The van der Waals surface area contributed by atoms with Gasteiger partial charge in [0.2, 0.25) is 0 Å². The lowest BCUT2D eigenvalue weighted by atomic mass is 10.0. The van der Waals surface area contributed by atoms with Gasteiger partial charge in [-0.05, 0) is 35.4 Å². The van der Waals surface area contributed by atoms with Gasteiger partial charge in [-0.25, -0.2) is 4.79 Å². The van der Waals surface area contributed by atoms with Crippen LogP contribution in [0.5, 0.6) is 0 Å². The number of carbonyl (C=O) groups is 1. The van der Waals surface area contributed by atoms with E-state index in [4.69, 9.17) is 5.10 Å². The van der Waals surface area contributed by atoms with Crippen LogP contribution in [-0.4, -0.2) is 29.7 Å². The van der Waals surface area contributed by atoms with Crippen LogP contribution in [0, 0.1) is 0 Å². The Morgan fingerprint density at radius 1 is 0.970 bits per heavy atom. The van der Waals surface area contributed by atoms with Crippen LogP contribution in [0.2, 0.25) is 0 Å². The molecule has 0 saturated carbocycles. The number of nitrogens with zero attached hydrogens (tertiary/aromatic N) is 5. The van der Waals surface area contributed by atoms with Crippen LogP contribution >= 0.6 is 0 Å². The molecule has 3 heterocycles. The summed E-state index contributed by atoms with van der Waals surface area (Å²) in [5.41, 5.74) is 1.53. The van der Waals surface area contributed by atoms with Crippen molar-refractivity contribution in [2.24, 2.45) is 7.05 Å². The van der Waals surface area contributed by atoms with Crippen LogP contribution in [0.1, 0.15) is 12.5 Å². The topological polar surface area (TPSA) is 91.8 Å². The SMILES string of the molecule is CC(=O)Cn1c(=O)n(C)c(=O)c2c(-c3ccncc3)n(Cc3cccc4ccccc34)nc21. The number of hydrogen-bond acceptors (Lipinski definition) is 5. The minimum atomic E-state index is -0.571. The van der Waals surface area contributed by atoms with E-state index in [1.165, 1.54) is 18.5 Å². The van der Waals surface area contributed by atoms with Crippen LogP contribution in [-0.2, 0) is 24.9 Å². The Hall–Kier alpha value is -4.33. The molecule has 33 heavy (non-hydrogen) atoms. The number of hydrogen-bond donors (Lipinski definition) is 0. The molecule has 0 bridgehead atoms. The van der Waals surface area contributed by atoms with Crippen molar-refractivity contribution in [3.05, 3.63) is 93.4 Å². The van der Waals surface area contributed by atoms with Gasteiger partial charge in [-0.2, -0.15) is 5.10 Å². The average molecular weight is 439 g/mol. The summed E-state index contributed by atoms with van der Waals surface area (Å²) in [5, 5.41) is 7.17. The molecule has 0 atom stereocenters. The zero-order chi connectivity index (χ0) is 23.1. The molecule has 8 nitrogen and oxygen atoms in total. The molecule has 0 aliphatic heterocycles. The van der Waals surface area contributed by atoms with Crippen molar-refractivity contribution < 1.29 is 4.79 Å². The van der Waals surface area contributed by atoms with E-state index in [0.29, 0.717) is 17.6 Å². The maximum Gasteiger partial charge on any atom is 0.332 e. The van der Waals surface area contributed by atoms with Crippen molar-refractivity contribution in [1.29, 1.82) is 0 Å². The molecule has 0 aliphatic carbocycles. The van der Waals surface area contributed by atoms with Crippen LogP contribution in [0.15, 0.2) is 76.6 Å². The third-order valence-corrected chi connectivity index (χ3v) is 5.76. The van der Waals surface area contributed by atoms with Gasteiger partial charge in [-0.3, -0.25) is 28.4 Å². The Labute approximate surface area is 188 Å². The lowest BCUT2D eigenvalue weighted by molar-refractivity contribution is -0.117. The maximum atomic E-state index is 13.3.